The first-order valence-corrected chi connectivity index (χ1v) is 9.28. The highest BCUT2D eigenvalue weighted by atomic mass is 32.2. The number of ether oxygens (including phenoxy) is 1. The van der Waals surface area contributed by atoms with Gasteiger partial charge < -0.3 is 4.74 Å². The van der Waals surface area contributed by atoms with Gasteiger partial charge in [-0.2, -0.15) is 12.7 Å². The molecule has 0 unspecified atom stereocenters. The molecule has 7 nitrogen and oxygen atoms in total. The molecular weight excluding hydrogens is 308 g/mol. The molecule has 0 radical (unpaired) electrons. The van der Waals surface area contributed by atoms with E-state index in [0.717, 1.165) is 17.1 Å². The Bertz CT molecular complexity index is 529. The first-order valence-electron chi connectivity index (χ1n) is 7.84. The average molecular weight is 332 g/mol. The quantitative estimate of drug-likeness (QED) is 0.697. The largest absolute Gasteiger partial charge is 0.465 e. The second-order valence-corrected chi connectivity index (χ2v) is 7.69. The smallest absolute Gasteiger partial charge is 0.324 e. The normalized spacial score (nSPS) is 24.0. The molecule has 1 aliphatic carbocycles. The van der Waals surface area contributed by atoms with Crippen LogP contribution in [0.2, 0.25) is 0 Å². The SMILES string of the molecule is CCOC(=O)[C@H]1CCCN1S(=O)(=O)NC(=O)C[C@H](C)C1CC1. The predicted molar refractivity (Wildman–Crippen MR) is 79.9 cm³/mol. The molecule has 126 valence electrons. The van der Waals surface area contributed by atoms with Crippen molar-refractivity contribution in [3.63, 3.8) is 0 Å². The van der Waals surface area contributed by atoms with Gasteiger partial charge in [-0.05, 0) is 44.4 Å². The maximum Gasteiger partial charge on any atom is 0.324 e. The first-order chi connectivity index (χ1) is 10.3. The molecule has 2 aliphatic rings. The molecule has 1 amide bonds. The van der Waals surface area contributed by atoms with Crippen LogP contribution in [0.5, 0.6) is 0 Å². The van der Waals surface area contributed by atoms with Crippen LogP contribution >= 0.6 is 0 Å². The van der Waals surface area contributed by atoms with Crippen LogP contribution in [0.1, 0.15) is 46.0 Å². The zero-order valence-corrected chi connectivity index (χ0v) is 13.9. The molecule has 0 aromatic heterocycles. The highest BCUT2D eigenvalue weighted by molar-refractivity contribution is 7.87. The number of nitrogens with zero attached hydrogens (tertiary/aromatic N) is 1. The van der Waals surface area contributed by atoms with E-state index in [4.69, 9.17) is 4.74 Å². The van der Waals surface area contributed by atoms with Gasteiger partial charge >= 0.3 is 16.2 Å². The van der Waals surface area contributed by atoms with Gasteiger partial charge in [-0.3, -0.25) is 9.59 Å². The van der Waals surface area contributed by atoms with Gasteiger partial charge in [0, 0.05) is 13.0 Å². The van der Waals surface area contributed by atoms with Gasteiger partial charge in [0.25, 0.3) is 0 Å². The van der Waals surface area contributed by atoms with Crippen molar-refractivity contribution in [2.45, 2.75) is 52.0 Å². The molecule has 1 heterocycles. The summed E-state index contributed by atoms with van der Waals surface area (Å²) < 4.78 is 32.7. The number of amides is 1. The number of esters is 1. The maximum atomic E-state index is 12.3. The van der Waals surface area contributed by atoms with Crippen molar-refractivity contribution in [3.05, 3.63) is 0 Å². The number of nitrogens with one attached hydrogen (secondary N) is 1. The number of carbonyl (C=O) groups excluding carboxylic acids is 2. The Kier molecular flexibility index (Phi) is 5.44. The molecule has 0 spiro atoms. The minimum absolute atomic E-state index is 0.189. The maximum absolute atomic E-state index is 12.3. The van der Waals surface area contributed by atoms with Crippen molar-refractivity contribution in [2.24, 2.45) is 11.8 Å². The van der Waals surface area contributed by atoms with E-state index in [9.17, 15) is 18.0 Å². The summed E-state index contributed by atoms with van der Waals surface area (Å²) >= 11 is 0. The summed E-state index contributed by atoms with van der Waals surface area (Å²) in [5.41, 5.74) is 0. The number of hydrogen-bond acceptors (Lipinski definition) is 5. The van der Waals surface area contributed by atoms with Crippen molar-refractivity contribution < 1.29 is 22.7 Å². The van der Waals surface area contributed by atoms with Crippen LogP contribution in [-0.4, -0.2) is 43.8 Å². The van der Waals surface area contributed by atoms with E-state index < -0.39 is 28.1 Å². The van der Waals surface area contributed by atoms with Crippen LogP contribution < -0.4 is 4.72 Å². The highest BCUT2D eigenvalue weighted by Gasteiger charge is 2.40. The Morgan fingerprint density at radius 1 is 1.32 bits per heavy atom. The monoisotopic (exact) mass is 332 g/mol. The van der Waals surface area contributed by atoms with Crippen LogP contribution in [0.25, 0.3) is 0 Å². The fourth-order valence-corrected chi connectivity index (χ4v) is 4.25. The third-order valence-corrected chi connectivity index (χ3v) is 5.79. The molecule has 2 fully saturated rings. The lowest BCUT2D eigenvalue weighted by atomic mass is 10.0. The molecule has 0 aromatic carbocycles. The molecule has 1 aliphatic heterocycles. The predicted octanol–water partition coefficient (Wildman–Crippen LogP) is 0.811. The van der Waals surface area contributed by atoms with Crippen molar-refractivity contribution in [2.75, 3.05) is 13.2 Å². The minimum atomic E-state index is -3.99. The average Bonchev–Trinajstić information content (AvgIpc) is 3.14. The number of hydrogen-bond donors (Lipinski definition) is 1. The van der Waals surface area contributed by atoms with Gasteiger partial charge in [0.1, 0.15) is 6.04 Å². The van der Waals surface area contributed by atoms with Gasteiger partial charge in [0.2, 0.25) is 5.91 Å². The molecule has 8 heteroatoms. The van der Waals surface area contributed by atoms with Crippen molar-refractivity contribution >= 4 is 22.1 Å². The lowest BCUT2D eigenvalue weighted by Gasteiger charge is -2.23. The molecule has 22 heavy (non-hydrogen) atoms. The first kappa shape index (κ1) is 17.2. The summed E-state index contributed by atoms with van der Waals surface area (Å²) in [6.07, 6.45) is 3.42. The van der Waals surface area contributed by atoms with Crippen LogP contribution in [0.4, 0.5) is 0 Å². The van der Waals surface area contributed by atoms with Gasteiger partial charge in [-0.15, -0.1) is 0 Å². The van der Waals surface area contributed by atoms with Crippen LogP contribution in [0.3, 0.4) is 0 Å². The molecular formula is C14H24N2O5S. The standard InChI is InChI=1S/C14H24N2O5S/c1-3-21-14(18)12-5-4-8-16(12)22(19,20)15-13(17)9-10(2)11-6-7-11/h10-12H,3-9H2,1-2H3,(H,15,17)/t10-,12+/m0/s1. The van der Waals surface area contributed by atoms with E-state index in [-0.39, 0.29) is 25.5 Å². The van der Waals surface area contributed by atoms with E-state index in [1.165, 1.54) is 0 Å². The van der Waals surface area contributed by atoms with E-state index in [2.05, 4.69) is 4.72 Å². The Morgan fingerprint density at radius 3 is 2.59 bits per heavy atom. The molecule has 0 aromatic rings. The van der Waals surface area contributed by atoms with Crippen molar-refractivity contribution in [1.29, 1.82) is 0 Å². The minimum Gasteiger partial charge on any atom is -0.465 e. The third kappa shape index (κ3) is 4.19. The molecule has 1 saturated carbocycles. The van der Waals surface area contributed by atoms with Gasteiger partial charge in [-0.25, -0.2) is 4.72 Å². The van der Waals surface area contributed by atoms with Crippen LogP contribution in [0.15, 0.2) is 0 Å². The second kappa shape index (κ2) is 6.95. The summed E-state index contributed by atoms with van der Waals surface area (Å²) in [7, 11) is -3.99. The molecule has 2 atom stereocenters. The molecule has 1 saturated heterocycles. The van der Waals surface area contributed by atoms with E-state index in [0.29, 0.717) is 18.8 Å². The fraction of sp³-hybridized carbons (Fsp3) is 0.857. The second-order valence-electron chi connectivity index (χ2n) is 6.07. The lowest BCUT2D eigenvalue weighted by Crippen LogP contribution is -2.48. The molecule has 2 rings (SSSR count). The van der Waals surface area contributed by atoms with Gasteiger partial charge in [0.05, 0.1) is 6.61 Å². The van der Waals surface area contributed by atoms with E-state index >= 15 is 0 Å². The van der Waals surface area contributed by atoms with Crippen molar-refractivity contribution in [1.82, 2.24) is 9.03 Å². The third-order valence-electron chi connectivity index (χ3n) is 4.25. The Balaban J connectivity index is 1.95. The molecule has 1 N–H and O–H groups in total. The molecule has 0 bridgehead atoms. The van der Waals surface area contributed by atoms with Gasteiger partial charge in [0.15, 0.2) is 0 Å². The Morgan fingerprint density at radius 2 is 2.00 bits per heavy atom. The van der Waals surface area contributed by atoms with Crippen LogP contribution in [0, 0.1) is 11.8 Å². The summed E-state index contributed by atoms with van der Waals surface area (Å²) in [6, 6.07) is -0.828. The number of rotatable bonds is 7. The topological polar surface area (TPSA) is 92.8 Å². The lowest BCUT2D eigenvalue weighted by molar-refractivity contribution is -0.147. The summed E-state index contributed by atoms with van der Waals surface area (Å²) in [5, 5.41) is 0. The summed E-state index contributed by atoms with van der Waals surface area (Å²) in [5.74, 6) is -0.333. The Hall–Kier alpha value is -1.15. The fourth-order valence-electron chi connectivity index (χ4n) is 2.87. The van der Waals surface area contributed by atoms with Gasteiger partial charge in [-0.1, -0.05) is 6.92 Å². The highest BCUT2D eigenvalue weighted by Crippen LogP contribution is 2.38. The summed E-state index contributed by atoms with van der Waals surface area (Å²) in [4.78, 5) is 23.7. The Labute approximate surface area is 131 Å². The van der Waals surface area contributed by atoms with E-state index in [1.54, 1.807) is 6.92 Å². The zero-order valence-electron chi connectivity index (χ0n) is 13.1. The zero-order chi connectivity index (χ0) is 16.3. The van der Waals surface area contributed by atoms with Crippen LogP contribution in [-0.2, 0) is 24.5 Å². The van der Waals surface area contributed by atoms with E-state index in [1.807, 2.05) is 6.92 Å². The summed E-state index contributed by atoms with van der Waals surface area (Å²) in [6.45, 7) is 4.06. The number of carbonyl (C=O) groups is 2. The van der Waals surface area contributed by atoms with Crippen molar-refractivity contribution in [3.8, 4) is 0 Å².